The Hall–Kier alpha value is -3.67. The molecule has 38 heavy (non-hydrogen) atoms. The standard InChI is InChI=1S/C18H25N3O5.C9H10O3/c1-9(22)11-6-5-7-12(8-11)19-13-14-18(10(2)23,21-15(24)20-14)17(4,26)16(13,3)25;1-6-4-3-5-7(10)8(6)9(11)12-2/h5-8,10,13-14,19,23,25-26H,1-4H3,(H2,20,21,24);3-5,10H,1-2H3/t10?,13?,14-,16+,17-,18-;/m0./s1. The summed E-state index contributed by atoms with van der Waals surface area (Å²) in [6.45, 7) is 7.51. The molecule has 1 saturated heterocycles. The Morgan fingerprint density at radius 1 is 1.13 bits per heavy atom. The van der Waals surface area contributed by atoms with E-state index in [4.69, 9.17) is 0 Å². The number of methoxy groups -OCH3 is 1. The highest BCUT2D eigenvalue weighted by Gasteiger charge is 2.77. The van der Waals surface area contributed by atoms with Crippen LogP contribution in [-0.2, 0) is 4.74 Å². The molecule has 2 aliphatic rings. The Morgan fingerprint density at radius 2 is 1.76 bits per heavy atom. The number of aliphatic hydroxyl groups is 3. The Bertz CT molecular complexity index is 1220. The van der Waals surface area contributed by atoms with E-state index in [0.29, 0.717) is 16.8 Å². The number of aromatic hydroxyl groups is 1. The van der Waals surface area contributed by atoms with E-state index < -0.39 is 46.9 Å². The van der Waals surface area contributed by atoms with Gasteiger partial charge in [-0.05, 0) is 58.4 Å². The van der Waals surface area contributed by atoms with Crippen molar-refractivity contribution in [1.29, 1.82) is 0 Å². The minimum absolute atomic E-state index is 0.0400. The van der Waals surface area contributed by atoms with Crippen molar-refractivity contribution in [2.75, 3.05) is 12.4 Å². The molecule has 2 aromatic rings. The number of ketones is 1. The molecule has 7 N–H and O–H groups in total. The van der Waals surface area contributed by atoms with Crippen LogP contribution in [0.15, 0.2) is 42.5 Å². The van der Waals surface area contributed by atoms with Crippen LogP contribution in [0.2, 0.25) is 0 Å². The molecule has 1 saturated carbocycles. The number of ether oxygens (including phenoxy) is 1. The van der Waals surface area contributed by atoms with Crippen molar-refractivity contribution in [3.05, 3.63) is 59.2 Å². The minimum atomic E-state index is -1.84. The smallest absolute Gasteiger partial charge is 0.341 e. The van der Waals surface area contributed by atoms with Gasteiger partial charge >= 0.3 is 12.0 Å². The third kappa shape index (κ3) is 4.57. The summed E-state index contributed by atoms with van der Waals surface area (Å²) in [7, 11) is 1.29. The average molecular weight is 530 g/mol. The maximum absolute atomic E-state index is 12.0. The van der Waals surface area contributed by atoms with Crippen LogP contribution < -0.4 is 16.0 Å². The lowest BCUT2D eigenvalue weighted by molar-refractivity contribution is -0.160. The zero-order chi connectivity index (χ0) is 28.6. The van der Waals surface area contributed by atoms with Crippen molar-refractivity contribution in [1.82, 2.24) is 10.6 Å². The molecule has 6 atom stereocenters. The van der Waals surface area contributed by atoms with Crippen LogP contribution in [0.1, 0.15) is 54.0 Å². The largest absolute Gasteiger partial charge is 0.507 e. The van der Waals surface area contributed by atoms with Gasteiger partial charge in [0, 0.05) is 11.3 Å². The highest BCUT2D eigenvalue weighted by Crippen LogP contribution is 2.50. The first-order valence-corrected chi connectivity index (χ1v) is 12.1. The number of Topliss-reactive ketones (excluding diaryl/α,β-unsaturated/α-hetero) is 1. The number of carbonyl (C=O) groups excluding carboxylic acids is 3. The molecule has 1 aliphatic carbocycles. The number of phenols is 1. The predicted molar refractivity (Wildman–Crippen MR) is 139 cm³/mol. The quantitative estimate of drug-likeness (QED) is 0.223. The monoisotopic (exact) mass is 529 g/mol. The zero-order valence-corrected chi connectivity index (χ0v) is 22.2. The number of phenolic OH excluding ortho intramolecular Hbond substituents is 1. The van der Waals surface area contributed by atoms with Gasteiger partial charge in [0.05, 0.1) is 25.3 Å². The first-order valence-electron chi connectivity index (χ1n) is 12.1. The van der Waals surface area contributed by atoms with Gasteiger partial charge in [-0.1, -0.05) is 24.3 Å². The molecule has 0 bridgehead atoms. The third-order valence-electron chi connectivity index (χ3n) is 7.72. The summed E-state index contributed by atoms with van der Waals surface area (Å²) >= 11 is 0. The maximum Gasteiger partial charge on any atom is 0.341 e. The SMILES string of the molecule is CC(=O)c1cccc(NC2[C@@H]3NC(=O)N[C@]3(C(C)O)[C@@](C)(O)[C@]2(C)O)c1.COC(=O)c1c(C)cccc1O. The van der Waals surface area contributed by atoms with Crippen molar-refractivity contribution < 1.29 is 39.5 Å². The molecule has 4 rings (SSSR count). The molecule has 0 aromatic heterocycles. The number of nitrogens with one attached hydrogen (secondary N) is 3. The molecule has 2 aromatic carbocycles. The van der Waals surface area contributed by atoms with E-state index in [2.05, 4.69) is 20.7 Å². The summed E-state index contributed by atoms with van der Waals surface area (Å²) < 4.78 is 4.50. The van der Waals surface area contributed by atoms with Gasteiger partial charge in [-0.2, -0.15) is 0 Å². The number of amides is 2. The number of urea groups is 1. The molecule has 2 amide bonds. The third-order valence-corrected chi connectivity index (χ3v) is 7.72. The van der Waals surface area contributed by atoms with Crippen LogP contribution in [0.3, 0.4) is 0 Å². The van der Waals surface area contributed by atoms with Crippen molar-refractivity contribution in [3.8, 4) is 5.75 Å². The summed E-state index contributed by atoms with van der Waals surface area (Å²) in [6, 6.07) is 9.47. The van der Waals surface area contributed by atoms with E-state index in [0.717, 1.165) is 0 Å². The maximum atomic E-state index is 12.0. The number of carbonyl (C=O) groups is 3. The van der Waals surface area contributed by atoms with Crippen LogP contribution in [0.5, 0.6) is 5.75 Å². The van der Waals surface area contributed by atoms with Crippen molar-refractivity contribution in [2.24, 2.45) is 0 Å². The second-order valence-corrected chi connectivity index (χ2v) is 10.1. The van der Waals surface area contributed by atoms with Gasteiger partial charge in [-0.3, -0.25) is 4.79 Å². The molecular weight excluding hydrogens is 494 g/mol. The average Bonchev–Trinajstić information content (AvgIpc) is 3.25. The van der Waals surface area contributed by atoms with Gasteiger partial charge in [0.2, 0.25) is 0 Å². The van der Waals surface area contributed by atoms with Crippen molar-refractivity contribution in [3.63, 3.8) is 0 Å². The lowest BCUT2D eigenvalue weighted by Crippen LogP contribution is -2.70. The number of esters is 1. The number of aryl methyl sites for hydroxylation is 1. The minimum Gasteiger partial charge on any atom is -0.507 e. The molecule has 11 nitrogen and oxygen atoms in total. The van der Waals surface area contributed by atoms with Crippen LogP contribution in [0.25, 0.3) is 0 Å². The van der Waals surface area contributed by atoms with Crippen LogP contribution >= 0.6 is 0 Å². The van der Waals surface area contributed by atoms with Crippen LogP contribution in [0, 0.1) is 6.92 Å². The Labute approximate surface area is 220 Å². The van der Waals surface area contributed by atoms with E-state index in [-0.39, 0.29) is 17.1 Å². The molecule has 2 unspecified atom stereocenters. The normalized spacial score (nSPS) is 30.2. The fourth-order valence-electron chi connectivity index (χ4n) is 5.40. The Kier molecular flexibility index (Phi) is 7.79. The van der Waals surface area contributed by atoms with Gasteiger partial charge in [0.15, 0.2) is 5.78 Å². The van der Waals surface area contributed by atoms with Crippen molar-refractivity contribution >= 4 is 23.5 Å². The predicted octanol–water partition coefficient (Wildman–Crippen LogP) is 1.47. The molecule has 2 fully saturated rings. The number of fused-ring (bicyclic) bond motifs is 1. The molecule has 1 aliphatic heterocycles. The fraction of sp³-hybridized carbons (Fsp3) is 0.444. The topological polar surface area (TPSA) is 177 Å². The molecular formula is C27H35N3O8. The van der Waals surface area contributed by atoms with Gasteiger partial charge in [0.1, 0.15) is 28.1 Å². The van der Waals surface area contributed by atoms with E-state index in [1.165, 1.54) is 40.9 Å². The Morgan fingerprint density at radius 3 is 2.32 bits per heavy atom. The summed E-state index contributed by atoms with van der Waals surface area (Å²) in [4.78, 5) is 34.7. The van der Waals surface area contributed by atoms with Crippen LogP contribution in [0.4, 0.5) is 10.5 Å². The summed E-state index contributed by atoms with van der Waals surface area (Å²) in [5.74, 6) is -0.652. The van der Waals surface area contributed by atoms with E-state index in [1.807, 2.05) is 0 Å². The van der Waals surface area contributed by atoms with Gasteiger partial charge in [0.25, 0.3) is 0 Å². The lowest BCUT2D eigenvalue weighted by atomic mass is 9.74. The highest BCUT2D eigenvalue weighted by atomic mass is 16.5. The highest BCUT2D eigenvalue weighted by molar-refractivity contribution is 5.95. The first-order chi connectivity index (χ1) is 17.6. The molecule has 1 heterocycles. The number of anilines is 1. The van der Waals surface area contributed by atoms with E-state index in [9.17, 15) is 34.8 Å². The van der Waals surface area contributed by atoms with Gasteiger partial charge in [-0.15, -0.1) is 0 Å². The number of hydrogen-bond donors (Lipinski definition) is 7. The number of aliphatic hydroxyl groups excluding tert-OH is 1. The molecule has 0 spiro atoms. The second-order valence-electron chi connectivity index (χ2n) is 10.1. The lowest BCUT2D eigenvalue weighted by Gasteiger charge is -2.45. The summed E-state index contributed by atoms with van der Waals surface area (Å²) in [6.07, 6.45) is -1.14. The first kappa shape index (κ1) is 28.9. The number of benzene rings is 2. The fourth-order valence-corrected chi connectivity index (χ4v) is 5.40. The number of hydrogen-bond acceptors (Lipinski definition) is 9. The van der Waals surface area contributed by atoms with Gasteiger partial charge < -0.3 is 41.1 Å². The van der Waals surface area contributed by atoms with Crippen molar-refractivity contribution in [2.45, 2.75) is 69.5 Å². The second kappa shape index (κ2) is 10.2. The van der Waals surface area contributed by atoms with Gasteiger partial charge in [-0.25, -0.2) is 9.59 Å². The summed E-state index contributed by atoms with van der Waals surface area (Å²) in [5, 5.41) is 50.4. The van der Waals surface area contributed by atoms with E-state index in [1.54, 1.807) is 43.3 Å². The Balaban J connectivity index is 0.000000279. The van der Waals surface area contributed by atoms with E-state index >= 15 is 0 Å². The summed E-state index contributed by atoms with van der Waals surface area (Å²) in [5.41, 5.74) is -3.03. The molecule has 206 valence electrons. The zero-order valence-electron chi connectivity index (χ0n) is 22.2. The number of rotatable bonds is 5. The van der Waals surface area contributed by atoms with Crippen LogP contribution in [-0.4, -0.2) is 80.2 Å². The molecule has 11 heteroatoms. The molecule has 0 radical (unpaired) electrons.